The molecule has 13 heteroatoms. The lowest BCUT2D eigenvalue weighted by Gasteiger charge is -2.33. The topological polar surface area (TPSA) is 103 Å². The van der Waals surface area contributed by atoms with Gasteiger partial charge in [-0.15, -0.1) is 0 Å². The molecule has 0 saturated carbocycles. The van der Waals surface area contributed by atoms with Crippen molar-refractivity contribution in [3.05, 3.63) is 82.1 Å². The van der Waals surface area contributed by atoms with Crippen LogP contribution in [-0.2, 0) is 12.7 Å². The van der Waals surface area contributed by atoms with Crippen LogP contribution in [0.5, 0.6) is 5.75 Å². The van der Waals surface area contributed by atoms with Gasteiger partial charge in [0, 0.05) is 79.6 Å². The van der Waals surface area contributed by atoms with Gasteiger partial charge in [-0.25, -0.2) is 4.98 Å². The first-order valence-electron chi connectivity index (χ1n) is 13.1. The van der Waals surface area contributed by atoms with Gasteiger partial charge in [-0.1, -0.05) is 17.7 Å². The van der Waals surface area contributed by atoms with E-state index in [4.69, 9.17) is 16.3 Å². The number of alkyl halides is 3. The van der Waals surface area contributed by atoms with Gasteiger partial charge in [-0.05, 0) is 36.9 Å². The lowest BCUT2D eigenvalue weighted by atomic mass is 10.0. The number of nitrogens with one attached hydrogen (secondary N) is 3. The molecule has 5 rings (SSSR count). The van der Waals surface area contributed by atoms with Crippen molar-refractivity contribution in [2.75, 3.05) is 51.0 Å². The van der Waals surface area contributed by atoms with Crippen molar-refractivity contribution in [1.82, 2.24) is 19.8 Å². The summed E-state index contributed by atoms with van der Waals surface area (Å²) in [6.45, 7) is 3.01. The Morgan fingerprint density at radius 2 is 1.71 bits per heavy atom. The lowest BCUT2D eigenvalue weighted by Crippen LogP contribution is -2.44. The van der Waals surface area contributed by atoms with Crippen molar-refractivity contribution < 1.29 is 27.5 Å². The molecule has 2 aromatic carbocycles. The summed E-state index contributed by atoms with van der Waals surface area (Å²) in [5.41, 5.74) is 0.236. The zero-order valence-corrected chi connectivity index (χ0v) is 23.6. The Balaban J connectivity index is 1.35. The van der Waals surface area contributed by atoms with Crippen LogP contribution in [0.2, 0.25) is 5.02 Å². The molecule has 1 aliphatic heterocycles. The van der Waals surface area contributed by atoms with E-state index in [1.807, 2.05) is 11.9 Å². The highest BCUT2D eigenvalue weighted by Gasteiger charge is 2.34. The number of fused-ring (bicyclic) bond motifs is 1. The number of benzene rings is 2. The molecule has 1 aliphatic rings. The molecule has 2 aromatic heterocycles. The highest BCUT2D eigenvalue weighted by Crippen LogP contribution is 2.34. The van der Waals surface area contributed by atoms with Gasteiger partial charge in [0.2, 0.25) is 0 Å². The third kappa shape index (κ3) is 6.51. The molecule has 3 heterocycles. The standard InChI is InChI=1S/C29H28ClF3N6O3/c1-38-7-9-39(10-8-38)16-18-4-3-17(11-24(18)29(31,32)33)27(40)36-19-12-20(14-21(13-19)42-2)37-28(41)23-15-35-26-22(25(23)30)5-6-34-26/h3-6,11-15H,7-10,16H2,1-2H3,(H,34,35)(H,36,40)(H,37,41). The predicted octanol–water partition coefficient (Wildman–Crippen LogP) is 5.50. The van der Waals surface area contributed by atoms with Crippen molar-refractivity contribution in [2.24, 2.45) is 0 Å². The van der Waals surface area contributed by atoms with Crippen molar-refractivity contribution in [3.63, 3.8) is 0 Å². The number of ether oxygens (including phenoxy) is 1. The van der Waals surface area contributed by atoms with Gasteiger partial charge in [-0.3, -0.25) is 14.5 Å². The number of aromatic nitrogens is 2. The quantitative estimate of drug-likeness (QED) is 0.259. The Morgan fingerprint density at radius 3 is 2.38 bits per heavy atom. The number of aromatic amines is 1. The third-order valence-electron chi connectivity index (χ3n) is 7.09. The monoisotopic (exact) mass is 600 g/mol. The van der Waals surface area contributed by atoms with Crippen LogP contribution in [0.25, 0.3) is 11.0 Å². The van der Waals surface area contributed by atoms with E-state index in [-0.39, 0.29) is 39.6 Å². The van der Waals surface area contributed by atoms with Crippen LogP contribution in [-0.4, -0.2) is 71.9 Å². The summed E-state index contributed by atoms with van der Waals surface area (Å²) < 4.78 is 47.3. The second kappa shape index (κ2) is 12.0. The van der Waals surface area contributed by atoms with Gasteiger partial charge >= 0.3 is 6.18 Å². The number of H-pyrrole nitrogens is 1. The molecule has 0 aliphatic carbocycles. The average Bonchev–Trinajstić information content (AvgIpc) is 3.44. The first-order valence-corrected chi connectivity index (χ1v) is 13.4. The molecule has 42 heavy (non-hydrogen) atoms. The SMILES string of the molecule is COc1cc(NC(=O)c2ccc(CN3CCN(C)CC3)c(C(F)(F)F)c2)cc(NC(=O)c2cnc3[nH]ccc3c2Cl)c1. The molecule has 0 unspecified atom stereocenters. The summed E-state index contributed by atoms with van der Waals surface area (Å²) in [7, 11) is 3.38. The number of carbonyl (C=O) groups is 2. The lowest BCUT2D eigenvalue weighted by molar-refractivity contribution is -0.138. The molecule has 0 bridgehead atoms. The maximum Gasteiger partial charge on any atom is 0.416 e. The number of piperazine rings is 1. The van der Waals surface area contributed by atoms with Crippen LogP contribution in [0.4, 0.5) is 24.5 Å². The zero-order valence-electron chi connectivity index (χ0n) is 22.8. The maximum atomic E-state index is 14.0. The van der Waals surface area contributed by atoms with Crippen molar-refractivity contribution in [3.8, 4) is 5.75 Å². The van der Waals surface area contributed by atoms with Gasteiger partial charge in [0.1, 0.15) is 11.4 Å². The van der Waals surface area contributed by atoms with Gasteiger partial charge in [-0.2, -0.15) is 13.2 Å². The molecule has 0 spiro atoms. The first-order chi connectivity index (χ1) is 20.0. The summed E-state index contributed by atoms with van der Waals surface area (Å²) >= 11 is 6.40. The van der Waals surface area contributed by atoms with Gasteiger partial charge in [0.05, 0.1) is 23.3 Å². The number of likely N-dealkylation sites (N-methyl/N-ethyl adjacent to an activating group) is 1. The summed E-state index contributed by atoms with van der Waals surface area (Å²) in [5.74, 6) is -0.999. The summed E-state index contributed by atoms with van der Waals surface area (Å²) in [5, 5.41) is 6.10. The average molecular weight is 601 g/mol. The Morgan fingerprint density at radius 1 is 1.02 bits per heavy atom. The van der Waals surface area contributed by atoms with E-state index in [0.29, 0.717) is 29.9 Å². The second-order valence-electron chi connectivity index (χ2n) is 10.0. The van der Waals surface area contributed by atoms with Crippen LogP contribution in [0.3, 0.4) is 0 Å². The number of hydrogen-bond acceptors (Lipinski definition) is 6. The normalized spacial score (nSPS) is 14.6. The van der Waals surface area contributed by atoms with E-state index >= 15 is 0 Å². The second-order valence-corrected chi connectivity index (χ2v) is 10.4. The molecule has 0 radical (unpaired) electrons. The van der Waals surface area contributed by atoms with Crippen LogP contribution in [0, 0.1) is 0 Å². The number of methoxy groups -OCH3 is 1. The molecule has 1 saturated heterocycles. The number of anilines is 2. The summed E-state index contributed by atoms with van der Waals surface area (Å²) in [6, 6.07) is 9.77. The molecule has 4 aromatic rings. The fourth-order valence-electron chi connectivity index (χ4n) is 4.76. The van der Waals surface area contributed by atoms with Gasteiger partial charge in [0.15, 0.2) is 0 Å². The predicted molar refractivity (Wildman–Crippen MR) is 154 cm³/mol. The number of rotatable bonds is 7. The number of nitrogens with zero attached hydrogens (tertiary/aromatic N) is 3. The summed E-state index contributed by atoms with van der Waals surface area (Å²) in [6.07, 6.45) is -1.64. The van der Waals surface area contributed by atoms with Crippen LogP contribution < -0.4 is 15.4 Å². The molecule has 2 amide bonds. The fraction of sp³-hybridized carbons (Fsp3) is 0.276. The van der Waals surface area contributed by atoms with E-state index in [1.165, 1.54) is 43.6 Å². The van der Waals surface area contributed by atoms with E-state index < -0.39 is 23.6 Å². The Hall–Kier alpha value is -4.13. The van der Waals surface area contributed by atoms with Crippen LogP contribution in [0.1, 0.15) is 31.8 Å². The third-order valence-corrected chi connectivity index (χ3v) is 7.50. The molecule has 220 valence electrons. The number of hydrogen-bond donors (Lipinski definition) is 3. The van der Waals surface area contributed by atoms with Crippen molar-refractivity contribution in [1.29, 1.82) is 0 Å². The number of pyridine rings is 1. The van der Waals surface area contributed by atoms with E-state index in [0.717, 1.165) is 19.2 Å². The minimum absolute atomic E-state index is 0.112. The van der Waals surface area contributed by atoms with Crippen molar-refractivity contribution >= 4 is 45.8 Å². The highest BCUT2D eigenvalue weighted by molar-refractivity contribution is 6.38. The smallest absolute Gasteiger partial charge is 0.416 e. The molecular formula is C29H28ClF3N6O3. The molecule has 1 fully saturated rings. The number of halogens is 4. The molecular weight excluding hydrogens is 573 g/mol. The Labute approximate surface area is 244 Å². The largest absolute Gasteiger partial charge is 0.497 e. The maximum absolute atomic E-state index is 14.0. The van der Waals surface area contributed by atoms with E-state index in [9.17, 15) is 22.8 Å². The minimum Gasteiger partial charge on any atom is -0.497 e. The zero-order chi connectivity index (χ0) is 30.0. The number of carbonyl (C=O) groups excluding carboxylic acids is 2. The Bertz CT molecular complexity index is 1630. The fourth-order valence-corrected chi connectivity index (χ4v) is 5.05. The van der Waals surface area contributed by atoms with E-state index in [1.54, 1.807) is 12.3 Å². The molecule has 0 atom stereocenters. The van der Waals surface area contributed by atoms with Crippen LogP contribution in [0.15, 0.2) is 54.9 Å². The highest BCUT2D eigenvalue weighted by atomic mass is 35.5. The first kappa shape index (κ1) is 29.4. The molecule has 3 N–H and O–H groups in total. The summed E-state index contributed by atoms with van der Waals surface area (Å²) in [4.78, 5) is 37.3. The minimum atomic E-state index is -4.63. The number of amides is 2. The Kier molecular flexibility index (Phi) is 8.39. The van der Waals surface area contributed by atoms with Gasteiger partial charge in [0.25, 0.3) is 11.8 Å². The van der Waals surface area contributed by atoms with Crippen LogP contribution >= 0.6 is 11.6 Å². The van der Waals surface area contributed by atoms with Crippen molar-refractivity contribution in [2.45, 2.75) is 12.7 Å². The van der Waals surface area contributed by atoms with Gasteiger partial charge < -0.3 is 25.3 Å². The molecule has 9 nitrogen and oxygen atoms in total. The van der Waals surface area contributed by atoms with E-state index in [2.05, 4.69) is 25.5 Å².